The Morgan fingerprint density at radius 3 is 2.18 bits per heavy atom. The largest absolute Gasteiger partial charge is 0.381 e. The Labute approximate surface area is 106 Å². The molecule has 102 valence electrons. The molecule has 2 fully saturated rings. The maximum absolute atomic E-state index is 5.53. The van der Waals surface area contributed by atoms with Gasteiger partial charge in [-0.25, -0.2) is 0 Å². The maximum Gasteiger partial charge on any atom is 0.0480 e. The normalized spacial score (nSPS) is 24.2. The van der Waals surface area contributed by atoms with Gasteiger partial charge in [-0.15, -0.1) is 0 Å². The van der Waals surface area contributed by atoms with E-state index in [4.69, 9.17) is 10.5 Å². The lowest BCUT2D eigenvalue weighted by molar-refractivity contribution is 0.0799. The average molecular weight is 243 g/mol. The van der Waals surface area contributed by atoms with Gasteiger partial charge in [0.15, 0.2) is 0 Å². The highest BCUT2D eigenvalue weighted by molar-refractivity contribution is 4.69. The molecule has 0 aromatic heterocycles. The fraction of sp³-hybridized carbons (Fsp3) is 1.00. The molecule has 0 atom stereocenters. The molecule has 2 rings (SSSR count). The summed E-state index contributed by atoms with van der Waals surface area (Å²) in [6, 6.07) is 0.712. The van der Waals surface area contributed by atoms with Crippen molar-refractivity contribution < 1.29 is 4.74 Å². The van der Waals surface area contributed by atoms with Crippen molar-refractivity contribution in [2.75, 3.05) is 46.9 Å². The summed E-state index contributed by atoms with van der Waals surface area (Å²) in [6.07, 6.45) is 4.95. The van der Waals surface area contributed by atoms with E-state index in [2.05, 4.69) is 17.3 Å². The molecule has 0 aromatic carbocycles. The summed E-state index contributed by atoms with van der Waals surface area (Å²) in [5.74, 6) is 0.807. The molecule has 2 aliphatic rings. The number of nitrogens with zero attached hydrogens (tertiary/aromatic N) is 1. The van der Waals surface area contributed by atoms with E-state index in [1.54, 1.807) is 0 Å². The van der Waals surface area contributed by atoms with Crippen LogP contribution in [0.1, 0.15) is 25.7 Å². The second-order valence-corrected chi connectivity index (χ2v) is 5.16. The molecule has 0 unspecified atom stereocenters. The Balaban J connectivity index is 0.000000171. The summed E-state index contributed by atoms with van der Waals surface area (Å²) in [6.45, 7) is 5.23. The molecule has 0 radical (unpaired) electrons. The van der Waals surface area contributed by atoms with E-state index in [9.17, 15) is 0 Å². The molecular weight excluding hydrogens is 214 g/mol. The van der Waals surface area contributed by atoms with Gasteiger partial charge in [-0.2, -0.15) is 0 Å². The van der Waals surface area contributed by atoms with Crippen LogP contribution >= 0.6 is 0 Å². The van der Waals surface area contributed by atoms with Crippen molar-refractivity contribution in [3.05, 3.63) is 0 Å². The molecule has 0 aliphatic carbocycles. The van der Waals surface area contributed by atoms with E-state index in [1.807, 2.05) is 7.05 Å². The van der Waals surface area contributed by atoms with E-state index in [0.717, 1.165) is 25.7 Å². The summed E-state index contributed by atoms with van der Waals surface area (Å²) in [7, 11) is 4.18. The van der Waals surface area contributed by atoms with Crippen LogP contribution in [0.3, 0.4) is 0 Å². The molecule has 0 amide bonds. The number of hydrogen-bond acceptors (Lipinski definition) is 4. The molecule has 4 nitrogen and oxygen atoms in total. The van der Waals surface area contributed by atoms with Crippen LogP contribution in [-0.4, -0.2) is 57.9 Å². The molecule has 3 N–H and O–H groups in total. The van der Waals surface area contributed by atoms with Crippen molar-refractivity contribution in [1.29, 1.82) is 0 Å². The first-order valence-corrected chi connectivity index (χ1v) is 6.90. The number of rotatable bonds is 2. The Hall–Kier alpha value is -0.160. The van der Waals surface area contributed by atoms with Crippen LogP contribution in [0.5, 0.6) is 0 Å². The van der Waals surface area contributed by atoms with E-state index in [1.165, 1.54) is 38.8 Å². The van der Waals surface area contributed by atoms with E-state index in [0.29, 0.717) is 6.04 Å². The topological polar surface area (TPSA) is 50.5 Å². The van der Waals surface area contributed by atoms with Gasteiger partial charge >= 0.3 is 0 Å². The number of likely N-dealkylation sites (tertiary alicyclic amines) is 1. The van der Waals surface area contributed by atoms with Crippen LogP contribution in [0.2, 0.25) is 0 Å². The molecule has 0 saturated carbocycles. The monoisotopic (exact) mass is 243 g/mol. The number of nitrogens with one attached hydrogen (secondary N) is 1. The second kappa shape index (κ2) is 8.86. The van der Waals surface area contributed by atoms with Gasteiger partial charge in [0.2, 0.25) is 0 Å². The zero-order chi connectivity index (χ0) is 12.5. The number of nitrogens with two attached hydrogens (primary N) is 1. The van der Waals surface area contributed by atoms with Gasteiger partial charge in [-0.05, 0) is 65.3 Å². The summed E-state index contributed by atoms with van der Waals surface area (Å²) < 4.78 is 5.16. The van der Waals surface area contributed by atoms with Gasteiger partial charge in [0.1, 0.15) is 0 Å². The third-order valence-electron chi connectivity index (χ3n) is 3.80. The molecule has 0 bridgehead atoms. The lowest BCUT2D eigenvalue weighted by Crippen LogP contribution is -2.33. The minimum Gasteiger partial charge on any atom is -0.381 e. The molecule has 2 saturated heterocycles. The third-order valence-corrected chi connectivity index (χ3v) is 3.80. The standard InChI is InChI=1S/C7H16N2.C6H13NO/c1-9-4-2-7(6-8)3-5-9;1-7-6-2-4-8-5-3-6/h7H,2-6,8H2,1H3;6-7H,2-5H2,1H3. The summed E-state index contributed by atoms with van der Waals surface area (Å²) in [5, 5.41) is 3.22. The Morgan fingerprint density at radius 1 is 1.18 bits per heavy atom. The van der Waals surface area contributed by atoms with Crippen LogP contribution in [0, 0.1) is 5.92 Å². The van der Waals surface area contributed by atoms with Gasteiger partial charge < -0.3 is 20.7 Å². The summed E-state index contributed by atoms with van der Waals surface area (Å²) in [5.41, 5.74) is 5.53. The van der Waals surface area contributed by atoms with Gasteiger partial charge in [0, 0.05) is 19.3 Å². The van der Waals surface area contributed by atoms with Gasteiger partial charge in [0.25, 0.3) is 0 Å². The van der Waals surface area contributed by atoms with Crippen molar-refractivity contribution in [2.24, 2.45) is 11.7 Å². The molecule has 2 aliphatic heterocycles. The van der Waals surface area contributed by atoms with Crippen molar-refractivity contribution in [2.45, 2.75) is 31.7 Å². The number of piperidine rings is 1. The third kappa shape index (κ3) is 6.36. The first kappa shape index (κ1) is 14.9. The minimum atomic E-state index is 0.712. The minimum absolute atomic E-state index is 0.712. The SMILES string of the molecule is CN1CCC(CN)CC1.CNC1CCOCC1. The zero-order valence-electron chi connectivity index (χ0n) is 11.5. The van der Waals surface area contributed by atoms with Gasteiger partial charge in [-0.1, -0.05) is 0 Å². The van der Waals surface area contributed by atoms with Crippen LogP contribution < -0.4 is 11.1 Å². The fourth-order valence-electron chi connectivity index (χ4n) is 2.28. The molecule has 2 heterocycles. The predicted molar refractivity (Wildman–Crippen MR) is 72.2 cm³/mol. The molecular formula is C13H29N3O. The van der Waals surface area contributed by atoms with Crippen LogP contribution in [-0.2, 0) is 4.74 Å². The Kier molecular flexibility index (Phi) is 7.77. The van der Waals surface area contributed by atoms with Crippen molar-refractivity contribution in [3.63, 3.8) is 0 Å². The van der Waals surface area contributed by atoms with Gasteiger partial charge in [0.05, 0.1) is 0 Å². The van der Waals surface area contributed by atoms with E-state index < -0.39 is 0 Å². The van der Waals surface area contributed by atoms with Crippen LogP contribution in [0.4, 0.5) is 0 Å². The van der Waals surface area contributed by atoms with E-state index in [-0.39, 0.29) is 0 Å². The molecule has 17 heavy (non-hydrogen) atoms. The van der Waals surface area contributed by atoms with Crippen LogP contribution in [0.15, 0.2) is 0 Å². The second-order valence-electron chi connectivity index (χ2n) is 5.16. The highest BCUT2D eigenvalue weighted by Gasteiger charge is 2.14. The summed E-state index contributed by atoms with van der Waals surface area (Å²) in [4.78, 5) is 2.37. The van der Waals surface area contributed by atoms with Gasteiger partial charge in [-0.3, -0.25) is 0 Å². The highest BCUT2D eigenvalue weighted by Crippen LogP contribution is 2.13. The lowest BCUT2D eigenvalue weighted by Gasteiger charge is -2.27. The number of ether oxygens (including phenoxy) is 1. The molecule has 0 spiro atoms. The molecule has 4 heteroatoms. The number of hydrogen-bond donors (Lipinski definition) is 2. The first-order valence-electron chi connectivity index (χ1n) is 6.90. The summed E-state index contributed by atoms with van der Waals surface area (Å²) >= 11 is 0. The molecule has 0 aromatic rings. The Morgan fingerprint density at radius 2 is 1.76 bits per heavy atom. The quantitative estimate of drug-likeness (QED) is 0.748. The maximum atomic E-state index is 5.53. The van der Waals surface area contributed by atoms with Crippen molar-refractivity contribution >= 4 is 0 Å². The smallest absolute Gasteiger partial charge is 0.0480 e. The Bertz CT molecular complexity index is 176. The highest BCUT2D eigenvalue weighted by atomic mass is 16.5. The van der Waals surface area contributed by atoms with Crippen LogP contribution in [0.25, 0.3) is 0 Å². The van der Waals surface area contributed by atoms with E-state index >= 15 is 0 Å². The predicted octanol–water partition coefficient (Wildman–Crippen LogP) is 0.672. The lowest BCUT2D eigenvalue weighted by atomic mass is 9.98. The zero-order valence-corrected chi connectivity index (χ0v) is 11.5. The average Bonchev–Trinajstić information content (AvgIpc) is 2.41. The van der Waals surface area contributed by atoms with Crippen molar-refractivity contribution in [3.8, 4) is 0 Å². The first-order chi connectivity index (χ1) is 8.26. The fourth-order valence-corrected chi connectivity index (χ4v) is 2.28. The van der Waals surface area contributed by atoms with Crippen molar-refractivity contribution in [1.82, 2.24) is 10.2 Å².